The third kappa shape index (κ3) is 12.9. The molecule has 0 spiro atoms. The fourth-order valence-electron chi connectivity index (χ4n) is 5.13. The van der Waals surface area contributed by atoms with Gasteiger partial charge in [-0.05, 0) is 98.8 Å². The van der Waals surface area contributed by atoms with Gasteiger partial charge in [0.05, 0.1) is 54.2 Å². The molecule has 5 rings (SSSR count). The number of benzene rings is 5. The molecule has 5 aromatic carbocycles. The highest BCUT2D eigenvalue weighted by molar-refractivity contribution is 6.39. The molecule has 14 nitrogen and oxygen atoms in total. The standard InChI is InChI=1S/C40H26Cl8N8O6/c1-17(57)35(55-53-25-9-19(7-23(43)11-25)37(59)49-31-13-21(41)3-5-27(31)45)39(61)51-33-15-30(48)34(16-29(33)47)52-40(62)36(18(2)58)56-54-26-10-20(8-24(44)12-26)38(60)50-32-14-22(42)4-6-28(32)46/h3-16,35-36H,1-2H3,(H,49,59)(H,50,60)(H,51,61)(H,52,62). The van der Waals surface area contributed by atoms with Crippen LogP contribution in [0.3, 0.4) is 0 Å². The fraction of sp³-hybridized carbons (Fsp3) is 0.100. The summed E-state index contributed by atoms with van der Waals surface area (Å²) < 4.78 is 0. The van der Waals surface area contributed by atoms with Crippen molar-refractivity contribution in [2.75, 3.05) is 21.3 Å². The molecule has 0 aliphatic carbocycles. The lowest BCUT2D eigenvalue weighted by atomic mass is 10.1. The van der Waals surface area contributed by atoms with Crippen LogP contribution in [0.5, 0.6) is 0 Å². The molecule has 0 fully saturated rings. The largest absolute Gasteiger partial charge is 0.322 e. The van der Waals surface area contributed by atoms with Gasteiger partial charge < -0.3 is 21.3 Å². The minimum atomic E-state index is -1.70. The maximum Gasteiger partial charge on any atom is 0.258 e. The first-order chi connectivity index (χ1) is 29.3. The van der Waals surface area contributed by atoms with E-state index in [0.717, 1.165) is 13.8 Å². The van der Waals surface area contributed by atoms with Crippen molar-refractivity contribution in [3.05, 3.63) is 136 Å². The highest BCUT2D eigenvalue weighted by Gasteiger charge is 2.27. The lowest BCUT2D eigenvalue weighted by Crippen LogP contribution is -2.32. The van der Waals surface area contributed by atoms with Gasteiger partial charge in [-0.2, -0.15) is 20.5 Å². The number of anilines is 4. The van der Waals surface area contributed by atoms with Crippen molar-refractivity contribution in [1.82, 2.24) is 0 Å². The first-order valence-corrected chi connectivity index (χ1v) is 20.4. The first-order valence-electron chi connectivity index (χ1n) is 17.3. The van der Waals surface area contributed by atoms with E-state index in [4.69, 9.17) is 92.8 Å². The first kappa shape index (κ1) is 47.9. The number of nitrogens with one attached hydrogen (secondary N) is 4. The number of carbonyl (C=O) groups excluding carboxylic acids is 6. The van der Waals surface area contributed by atoms with Crippen LogP contribution in [0.4, 0.5) is 34.1 Å². The summed E-state index contributed by atoms with van der Waals surface area (Å²) in [7, 11) is 0. The summed E-state index contributed by atoms with van der Waals surface area (Å²) in [6, 6.07) is 16.0. The van der Waals surface area contributed by atoms with Gasteiger partial charge in [-0.15, -0.1) is 0 Å². The van der Waals surface area contributed by atoms with E-state index in [1.165, 1.54) is 72.8 Å². The topological polar surface area (TPSA) is 200 Å². The zero-order valence-electron chi connectivity index (χ0n) is 31.5. The summed E-state index contributed by atoms with van der Waals surface area (Å²) in [5.74, 6) is -4.57. The van der Waals surface area contributed by atoms with Crippen LogP contribution in [0.15, 0.2) is 105 Å². The molecule has 4 N–H and O–H groups in total. The second kappa shape index (κ2) is 21.3. The number of carbonyl (C=O) groups is 6. The van der Waals surface area contributed by atoms with Crippen molar-refractivity contribution in [2.24, 2.45) is 20.5 Å². The molecule has 0 aliphatic rings. The van der Waals surface area contributed by atoms with Crippen molar-refractivity contribution in [1.29, 1.82) is 0 Å². The molecule has 4 amide bonds. The van der Waals surface area contributed by atoms with E-state index in [1.54, 1.807) is 12.1 Å². The van der Waals surface area contributed by atoms with E-state index < -0.39 is 47.3 Å². The molecule has 0 saturated heterocycles. The van der Waals surface area contributed by atoms with Crippen LogP contribution >= 0.6 is 92.8 Å². The van der Waals surface area contributed by atoms with Crippen LogP contribution in [0, 0.1) is 0 Å². The summed E-state index contributed by atoms with van der Waals surface area (Å²) in [5.41, 5.74) is 0.495. The highest BCUT2D eigenvalue weighted by atomic mass is 35.5. The third-order valence-corrected chi connectivity index (χ3v) is 10.3. The van der Waals surface area contributed by atoms with Gasteiger partial charge in [0.1, 0.15) is 0 Å². The van der Waals surface area contributed by atoms with Gasteiger partial charge in [-0.25, -0.2) is 0 Å². The van der Waals surface area contributed by atoms with Crippen molar-refractivity contribution >= 4 is 162 Å². The van der Waals surface area contributed by atoms with Gasteiger partial charge >= 0.3 is 0 Å². The Hall–Kier alpha value is -5.16. The Morgan fingerprint density at radius 2 is 0.774 bits per heavy atom. The van der Waals surface area contributed by atoms with Gasteiger partial charge in [0, 0.05) is 31.2 Å². The number of hydrogen-bond donors (Lipinski definition) is 4. The Morgan fingerprint density at radius 3 is 1.13 bits per heavy atom. The minimum Gasteiger partial charge on any atom is -0.322 e. The quantitative estimate of drug-likeness (QED) is 0.0630. The van der Waals surface area contributed by atoms with Crippen molar-refractivity contribution in [3.8, 4) is 0 Å². The molecule has 0 bridgehead atoms. The molecule has 62 heavy (non-hydrogen) atoms. The van der Waals surface area contributed by atoms with Gasteiger partial charge in [-0.1, -0.05) is 92.8 Å². The van der Waals surface area contributed by atoms with Gasteiger partial charge in [0.25, 0.3) is 23.6 Å². The summed E-state index contributed by atoms with van der Waals surface area (Å²) in [5, 5.41) is 26.9. The second-order valence-electron chi connectivity index (χ2n) is 12.8. The Balaban J connectivity index is 1.27. The Bertz CT molecular complexity index is 2530. The fourth-order valence-corrected chi connectivity index (χ4v) is 6.68. The molecular formula is C40H26Cl8N8O6. The summed E-state index contributed by atoms with van der Waals surface area (Å²) in [6.45, 7) is 2.21. The van der Waals surface area contributed by atoms with E-state index in [1.807, 2.05) is 0 Å². The molecule has 2 atom stereocenters. The van der Waals surface area contributed by atoms with Crippen LogP contribution in [0.2, 0.25) is 40.2 Å². The molecular weight excluding hydrogens is 972 g/mol. The number of Topliss-reactive ketones (excluding diaryl/α,β-unsaturated/α-hetero) is 2. The zero-order chi connectivity index (χ0) is 45.4. The highest BCUT2D eigenvalue weighted by Crippen LogP contribution is 2.34. The number of azo groups is 2. The van der Waals surface area contributed by atoms with Crippen molar-refractivity contribution in [2.45, 2.75) is 25.9 Å². The molecule has 0 aromatic heterocycles. The zero-order valence-corrected chi connectivity index (χ0v) is 37.5. The smallest absolute Gasteiger partial charge is 0.258 e. The maximum absolute atomic E-state index is 13.3. The average Bonchev–Trinajstić information content (AvgIpc) is 3.19. The number of amides is 4. The average molecular weight is 998 g/mol. The summed E-state index contributed by atoms with van der Waals surface area (Å²) >= 11 is 49.6. The van der Waals surface area contributed by atoms with Gasteiger partial charge in [-0.3, -0.25) is 28.8 Å². The lowest BCUT2D eigenvalue weighted by Gasteiger charge is -2.15. The molecule has 0 aliphatic heterocycles. The van der Waals surface area contributed by atoms with Gasteiger partial charge in [0.2, 0.25) is 12.1 Å². The van der Waals surface area contributed by atoms with E-state index >= 15 is 0 Å². The molecule has 22 heteroatoms. The van der Waals surface area contributed by atoms with Crippen molar-refractivity contribution < 1.29 is 28.8 Å². The van der Waals surface area contributed by atoms with Crippen molar-refractivity contribution in [3.63, 3.8) is 0 Å². The normalized spacial score (nSPS) is 12.2. The SMILES string of the molecule is CC(=O)C(N=Nc1cc(Cl)cc(C(=O)Nc2cc(Cl)ccc2Cl)c1)C(=O)Nc1cc(Cl)c(NC(=O)C(N=Nc2cc(Cl)cc(C(=O)Nc3cc(Cl)ccc3Cl)c2)C(C)=O)cc1Cl. The van der Waals surface area contributed by atoms with Crippen LogP contribution in [-0.2, 0) is 19.2 Å². The molecule has 0 heterocycles. The Morgan fingerprint density at radius 1 is 0.419 bits per heavy atom. The molecule has 318 valence electrons. The molecule has 5 aromatic rings. The number of nitrogens with zero attached hydrogens (tertiary/aromatic N) is 4. The number of rotatable bonds is 14. The van der Waals surface area contributed by atoms with E-state index in [-0.39, 0.29) is 75.4 Å². The number of hydrogen-bond acceptors (Lipinski definition) is 10. The Kier molecular flexibility index (Phi) is 16.4. The summed E-state index contributed by atoms with van der Waals surface area (Å²) in [4.78, 5) is 77.6. The van der Waals surface area contributed by atoms with Crippen LogP contribution in [0.1, 0.15) is 34.6 Å². The lowest BCUT2D eigenvalue weighted by molar-refractivity contribution is -0.127. The predicted molar refractivity (Wildman–Crippen MR) is 243 cm³/mol. The van der Waals surface area contributed by atoms with Crippen LogP contribution < -0.4 is 21.3 Å². The second-order valence-corrected chi connectivity index (χ2v) is 16.2. The van der Waals surface area contributed by atoms with E-state index in [0.29, 0.717) is 10.0 Å². The molecule has 2 unspecified atom stereocenters. The van der Waals surface area contributed by atoms with Crippen LogP contribution in [-0.4, -0.2) is 47.3 Å². The summed E-state index contributed by atoms with van der Waals surface area (Å²) in [6.07, 6.45) is 0. The third-order valence-electron chi connectivity index (χ3n) is 8.06. The van der Waals surface area contributed by atoms with Crippen LogP contribution in [0.25, 0.3) is 0 Å². The number of ketones is 2. The monoisotopic (exact) mass is 994 g/mol. The van der Waals surface area contributed by atoms with Gasteiger partial charge in [0.15, 0.2) is 11.6 Å². The minimum absolute atomic E-state index is 0.0314. The molecule has 0 radical (unpaired) electrons. The molecule has 0 saturated carbocycles. The predicted octanol–water partition coefficient (Wildman–Crippen LogP) is 12.8. The Labute approximate surface area is 392 Å². The maximum atomic E-state index is 13.3. The van der Waals surface area contributed by atoms with E-state index in [9.17, 15) is 28.8 Å². The van der Waals surface area contributed by atoms with E-state index in [2.05, 4.69) is 41.7 Å². The number of halogens is 8.